The minimum absolute atomic E-state index is 0.00306. The van der Waals surface area contributed by atoms with Gasteiger partial charge >= 0.3 is 0 Å². The summed E-state index contributed by atoms with van der Waals surface area (Å²) in [7, 11) is 1.66. The molecule has 0 spiro atoms. The number of hydrogen-bond donors (Lipinski definition) is 0. The van der Waals surface area contributed by atoms with Crippen molar-refractivity contribution < 1.29 is 14.1 Å². The van der Waals surface area contributed by atoms with Gasteiger partial charge in [0.05, 0.1) is 12.0 Å². The lowest BCUT2D eigenvalue weighted by atomic mass is 10.1. The SMILES string of the molecule is CO[C@@H]1C[C@H](c2nc(C)no2)N(C(=O)[C@@H](C)c2cccs2)C1. The van der Waals surface area contributed by atoms with E-state index in [2.05, 4.69) is 10.1 Å². The molecule has 3 heterocycles. The number of carbonyl (C=O) groups is 1. The van der Waals surface area contributed by atoms with Crippen molar-refractivity contribution in [3.05, 3.63) is 34.1 Å². The average molecular weight is 321 g/mol. The van der Waals surface area contributed by atoms with E-state index >= 15 is 0 Å². The van der Waals surface area contributed by atoms with Crippen LogP contribution in [0.5, 0.6) is 0 Å². The van der Waals surface area contributed by atoms with Gasteiger partial charge in [0, 0.05) is 25.0 Å². The second-order valence-corrected chi connectivity index (χ2v) is 6.50. The molecule has 0 saturated carbocycles. The standard InChI is InChI=1S/C15H19N3O3S/c1-9(13-5-4-6-22-13)15(19)18-8-11(20-3)7-12(18)14-16-10(2)17-21-14/h4-6,9,11-12H,7-8H2,1-3H3/t9-,11+,12+/m0/s1. The number of aryl methyl sites for hydroxylation is 1. The van der Waals surface area contributed by atoms with E-state index in [1.165, 1.54) is 0 Å². The van der Waals surface area contributed by atoms with Gasteiger partial charge in [-0.05, 0) is 25.3 Å². The van der Waals surface area contributed by atoms with Crippen molar-refractivity contribution in [2.24, 2.45) is 0 Å². The molecule has 0 aliphatic carbocycles. The summed E-state index contributed by atoms with van der Waals surface area (Å²) < 4.78 is 10.7. The van der Waals surface area contributed by atoms with Gasteiger partial charge in [0.1, 0.15) is 6.04 Å². The second-order valence-electron chi connectivity index (χ2n) is 5.52. The molecule has 1 aliphatic heterocycles. The molecular weight excluding hydrogens is 302 g/mol. The predicted octanol–water partition coefficient (Wildman–Crippen LogP) is 2.53. The summed E-state index contributed by atoms with van der Waals surface area (Å²) in [4.78, 5) is 20.0. The van der Waals surface area contributed by atoms with Gasteiger partial charge in [-0.2, -0.15) is 4.98 Å². The van der Waals surface area contributed by atoms with E-state index < -0.39 is 0 Å². The molecule has 3 atom stereocenters. The Labute approximate surface area is 133 Å². The van der Waals surface area contributed by atoms with Gasteiger partial charge in [-0.3, -0.25) is 4.79 Å². The maximum Gasteiger partial charge on any atom is 0.249 e. The Kier molecular flexibility index (Phi) is 4.26. The molecule has 0 N–H and O–H groups in total. The zero-order chi connectivity index (χ0) is 15.7. The normalized spacial score (nSPS) is 23.0. The Bertz CT molecular complexity index is 640. The van der Waals surface area contributed by atoms with Crippen LogP contribution >= 0.6 is 11.3 Å². The topological polar surface area (TPSA) is 68.5 Å². The molecule has 6 nitrogen and oxygen atoms in total. The fourth-order valence-corrected chi connectivity index (χ4v) is 3.58. The molecule has 22 heavy (non-hydrogen) atoms. The molecule has 0 bridgehead atoms. The summed E-state index contributed by atoms with van der Waals surface area (Å²) in [6, 6.07) is 3.74. The molecule has 0 aromatic carbocycles. The quantitative estimate of drug-likeness (QED) is 0.865. The molecule has 3 rings (SSSR count). The first kappa shape index (κ1) is 15.2. The molecule has 118 valence electrons. The fourth-order valence-electron chi connectivity index (χ4n) is 2.80. The summed E-state index contributed by atoms with van der Waals surface area (Å²) in [5.74, 6) is 0.961. The molecule has 1 saturated heterocycles. The minimum Gasteiger partial charge on any atom is -0.380 e. The first-order valence-corrected chi connectivity index (χ1v) is 8.15. The largest absolute Gasteiger partial charge is 0.380 e. The van der Waals surface area contributed by atoms with Crippen molar-refractivity contribution in [3.63, 3.8) is 0 Å². The zero-order valence-electron chi connectivity index (χ0n) is 12.9. The van der Waals surface area contributed by atoms with Crippen LogP contribution in [-0.2, 0) is 9.53 Å². The lowest BCUT2D eigenvalue weighted by Crippen LogP contribution is -2.35. The van der Waals surface area contributed by atoms with Crippen LogP contribution < -0.4 is 0 Å². The number of aromatic nitrogens is 2. The highest BCUT2D eigenvalue weighted by atomic mass is 32.1. The number of likely N-dealkylation sites (tertiary alicyclic amines) is 1. The second kappa shape index (κ2) is 6.18. The number of methoxy groups -OCH3 is 1. The molecule has 1 amide bonds. The van der Waals surface area contributed by atoms with Crippen molar-refractivity contribution in [1.29, 1.82) is 0 Å². The Balaban J connectivity index is 1.84. The molecule has 7 heteroatoms. The fraction of sp³-hybridized carbons (Fsp3) is 0.533. The van der Waals surface area contributed by atoms with E-state index in [4.69, 9.17) is 9.26 Å². The Morgan fingerprint density at radius 2 is 2.41 bits per heavy atom. The summed E-state index contributed by atoms with van der Waals surface area (Å²) in [6.07, 6.45) is 0.679. The van der Waals surface area contributed by atoms with E-state index in [0.29, 0.717) is 24.7 Å². The summed E-state index contributed by atoms with van der Waals surface area (Å²) in [6.45, 7) is 4.26. The molecule has 2 aromatic heterocycles. The number of carbonyl (C=O) groups excluding carboxylic acids is 1. The smallest absolute Gasteiger partial charge is 0.249 e. The average Bonchev–Trinajstić information content (AvgIpc) is 3.25. The lowest BCUT2D eigenvalue weighted by molar-refractivity contribution is -0.134. The highest BCUT2D eigenvalue weighted by molar-refractivity contribution is 7.10. The van der Waals surface area contributed by atoms with Gasteiger partial charge in [-0.15, -0.1) is 11.3 Å². The number of thiophene rings is 1. The van der Waals surface area contributed by atoms with Crippen molar-refractivity contribution in [2.75, 3.05) is 13.7 Å². The van der Waals surface area contributed by atoms with Crippen molar-refractivity contribution in [2.45, 2.75) is 38.3 Å². The van der Waals surface area contributed by atoms with Crippen LogP contribution in [0.4, 0.5) is 0 Å². The van der Waals surface area contributed by atoms with Crippen LogP contribution in [0.15, 0.2) is 22.0 Å². The minimum atomic E-state index is -0.207. The highest BCUT2D eigenvalue weighted by Crippen LogP contribution is 2.35. The molecule has 0 radical (unpaired) electrons. The van der Waals surface area contributed by atoms with Crippen LogP contribution in [0.3, 0.4) is 0 Å². The Morgan fingerprint density at radius 3 is 3.00 bits per heavy atom. The molecule has 0 unspecified atom stereocenters. The van der Waals surface area contributed by atoms with Gasteiger partial charge < -0.3 is 14.2 Å². The summed E-state index contributed by atoms with van der Waals surface area (Å²) in [5, 5.41) is 5.82. The molecule has 2 aromatic rings. The number of nitrogens with zero attached hydrogens (tertiary/aromatic N) is 3. The Morgan fingerprint density at radius 1 is 1.59 bits per heavy atom. The molecule has 1 aliphatic rings. The summed E-state index contributed by atoms with van der Waals surface area (Å²) in [5.41, 5.74) is 0. The third-order valence-corrected chi connectivity index (χ3v) is 5.10. The van der Waals surface area contributed by atoms with E-state index in [9.17, 15) is 4.79 Å². The van der Waals surface area contributed by atoms with Crippen molar-refractivity contribution >= 4 is 17.2 Å². The number of hydrogen-bond acceptors (Lipinski definition) is 6. The first-order valence-electron chi connectivity index (χ1n) is 7.27. The third-order valence-electron chi connectivity index (χ3n) is 4.05. The Hall–Kier alpha value is -1.73. The van der Waals surface area contributed by atoms with Crippen LogP contribution in [0, 0.1) is 6.92 Å². The maximum absolute atomic E-state index is 12.9. The van der Waals surface area contributed by atoms with Crippen LogP contribution in [-0.4, -0.2) is 40.7 Å². The lowest BCUT2D eigenvalue weighted by Gasteiger charge is -2.24. The zero-order valence-corrected chi connectivity index (χ0v) is 13.7. The van der Waals surface area contributed by atoms with E-state index in [-0.39, 0.29) is 24.0 Å². The van der Waals surface area contributed by atoms with E-state index in [1.54, 1.807) is 25.4 Å². The van der Waals surface area contributed by atoms with E-state index in [1.807, 2.05) is 29.3 Å². The number of amides is 1. The van der Waals surface area contributed by atoms with Gasteiger partial charge in [0.15, 0.2) is 5.82 Å². The van der Waals surface area contributed by atoms with E-state index in [0.717, 1.165) is 4.88 Å². The molecule has 1 fully saturated rings. The first-order chi connectivity index (χ1) is 10.6. The third kappa shape index (κ3) is 2.78. The number of rotatable bonds is 4. The maximum atomic E-state index is 12.9. The van der Waals surface area contributed by atoms with Crippen molar-refractivity contribution in [1.82, 2.24) is 15.0 Å². The predicted molar refractivity (Wildman–Crippen MR) is 81.6 cm³/mol. The van der Waals surface area contributed by atoms with Gasteiger partial charge in [-0.1, -0.05) is 11.2 Å². The monoisotopic (exact) mass is 321 g/mol. The van der Waals surface area contributed by atoms with Gasteiger partial charge in [0.25, 0.3) is 0 Å². The summed E-state index contributed by atoms with van der Waals surface area (Å²) >= 11 is 1.60. The molecular formula is C15H19N3O3S. The number of ether oxygens (including phenoxy) is 1. The highest BCUT2D eigenvalue weighted by Gasteiger charge is 2.41. The van der Waals surface area contributed by atoms with Crippen LogP contribution in [0.25, 0.3) is 0 Å². The van der Waals surface area contributed by atoms with Crippen molar-refractivity contribution in [3.8, 4) is 0 Å². The van der Waals surface area contributed by atoms with Crippen LogP contribution in [0.1, 0.15) is 41.9 Å². The van der Waals surface area contributed by atoms with Crippen LogP contribution in [0.2, 0.25) is 0 Å². The van der Waals surface area contributed by atoms with Gasteiger partial charge in [0.2, 0.25) is 11.8 Å². The van der Waals surface area contributed by atoms with Gasteiger partial charge in [-0.25, -0.2) is 0 Å².